The molecule has 2 fully saturated rings. The lowest BCUT2D eigenvalue weighted by Crippen LogP contribution is -2.54. The third-order valence-electron chi connectivity index (χ3n) is 6.17. The number of carbonyl (C=O) groups is 3. The Morgan fingerprint density at radius 1 is 1.11 bits per heavy atom. The van der Waals surface area contributed by atoms with Gasteiger partial charge in [0.2, 0.25) is 5.78 Å². The zero-order valence-electron chi connectivity index (χ0n) is 20.6. The summed E-state index contributed by atoms with van der Waals surface area (Å²) in [5.74, 6) is -1.25. The maximum Gasteiger partial charge on any atom is 0.303 e. The first-order valence-electron chi connectivity index (χ1n) is 12.0. The van der Waals surface area contributed by atoms with E-state index < -0.39 is 42.1 Å². The van der Waals surface area contributed by atoms with E-state index in [4.69, 9.17) is 35.3 Å². The van der Waals surface area contributed by atoms with Crippen LogP contribution in [0.25, 0.3) is 0 Å². The number of aliphatic hydroxyl groups is 1. The molecule has 2 saturated heterocycles. The van der Waals surface area contributed by atoms with Crippen LogP contribution in [0.1, 0.15) is 43.1 Å². The van der Waals surface area contributed by atoms with Gasteiger partial charge in [-0.05, 0) is 41.3 Å². The van der Waals surface area contributed by atoms with Gasteiger partial charge < -0.3 is 28.8 Å². The van der Waals surface area contributed by atoms with E-state index in [1.807, 2.05) is 24.3 Å². The van der Waals surface area contributed by atoms with Gasteiger partial charge in [0.15, 0.2) is 6.10 Å². The number of carbonyl (C=O) groups excluding carboxylic acids is 3. The highest BCUT2D eigenvalue weighted by molar-refractivity contribution is 6.31. The summed E-state index contributed by atoms with van der Waals surface area (Å²) in [7, 11) is 0. The molecule has 1 N–H and O–H groups in total. The van der Waals surface area contributed by atoms with Crippen molar-refractivity contribution in [1.82, 2.24) is 0 Å². The fourth-order valence-corrected chi connectivity index (χ4v) is 4.51. The van der Waals surface area contributed by atoms with Crippen LogP contribution in [0.4, 0.5) is 0 Å². The third-order valence-corrected chi connectivity index (χ3v) is 6.54. The monoisotopic (exact) mass is 532 g/mol. The lowest BCUT2D eigenvalue weighted by molar-refractivity contribution is -0.203. The molecular weight excluding hydrogens is 504 g/mol. The first-order chi connectivity index (χ1) is 17.7. The van der Waals surface area contributed by atoms with E-state index in [0.717, 1.165) is 23.3 Å². The first-order valence-corrected chi connectivity index (χ1v) is 12.4. The number of ether oxygens (including phenoxy) is 5. The minimum atomic E-state index is -1.62. The molecule has 2 heterocycles. The second kappa shape index (κ2) is 12.0. The number of rotatable bonds is 8. The minimum absolute atomic E-state index is 0.0588. The molecule has 0 saturated carbocycles. The van der Waals surface area contributed by atoms with Gasteiger partial charge in [0.1, 0.15) is 36.8 Å². The first kappa shape index (κ1) is 27.1. The van der Waals surface area contributed by atoms with Crippen LogP contribution in [0.2, 0.25) is 5.02 Å². The van der Waals surface area contributed by atoms with Crippen molar-refractivity contribution in [2.45, 2.75) is 57.2 Å². The number of ketones is 1. The second-order valence-corrected chi connectivity index (χ2v) is 9.46. The summed E-state index contributed by atoms with van der Waals surface area (Å²) in [6.07, 6.45) is -3.73. The van der Waals surface area contributed by atoms with Crippen LogP contribution in [-0.4, -0.2) is 67.1 Å². The summed E-state index contributed by atoms with van der Waals surface area (Å²) < 4.78 is 27.4. The van der Waals surface area contributed by atoms with E-state index in [0.29, 0.717) is 30.2 Å². The molecule has 0 unspecified atom stereocenters. The van der Waals surface area contributed by atoms with Gasteiger partial charge >= 0.3 is 11.9 Å². The van der Waals surface area contributed by atoms with Gasteiger partial charge in [-0.1, -0.05) is 35.9 Å². The number of halogens is 1. The average molecular weight is 533 g/mol. The van der Waals surface area contributed by atoms with Crippen LogP contribution in [0.15, 0.2) is 42.5 Å². The zero-order chi connectivity index (χ0) is 26.5. The Bertz CT molecular complexity index is 1130. The number of aliphatic hydroxyl groups excluding tert-OH is 1. The molecule has 0 spiro atoms. The Labute approximate surface area is 219 Å². The van der Waals surface area contributed by atoms with Gasteiger partial charge in [0.05, 0.1) is 13.2 Å². The van der Waals surface area contributed by atoms with Crippen molar-refractivity contribution in [3.8, 4) is 5.75 Å². The summed E-state index contributed by atoms with van der Waals surface area (Å²) in [4.78, 5) is 35.9. The molecule has 2 aliphatic rings. The topological polar surface area (TPSA) is 118 Å². The summed E-state index contributed by atoms with van der Waals surface area (Å²) in [6, 6.07) is 12.8. The molecule has 9 nitrogen and oxygen atoms in total. The molecule has 0 amide bonds. The lowest BCUT2D eigenvalue weighted by atomic mass is 9.91. The fourth-order valence-electron chi connectivity index (χ4n) is 4.33. The van der Waals surface area contributed by atoms with Crippen molar-refractivity contribution < 1.29 is 43.2 Å². The van der Waals surface area contributed by atoms with Gasteiger partial charge in [0.25, 0.3) is 0 Å². The van der Waals surface area contributed by atoms with Crippen LogP contribution in [0.5, 0.6) is 5.75 Å². The second-order valence-electron chi connectivity index (χ2n) is 9.05. The fraction of sp³-hybridized carbons (Fsp3) is 0.444. The third kappa shape index (κ3) is 6.87. The van der Waals surface area contributed by atoms with Crippen LogP contribution >= 0.6 is 11.6 Å². The van der Waals surface area contributed by atoms with E-state index in [1.54, 1.807) is 18.2 Å². The quantitative estimate of drug-likeness (QED) is 0.512. The van der Waals surface area contributed by atoms with Crippen molar-refractivity contribution in [2.24, 2.45) is 0 Å². The molecule has 37 heavy (non-hydrogen) atoms. The molecule has 5 atom stereocenters. The van der Waals surface area contributed by atoms with Gasteiger partial charge in [0, 0.05) is 25.3 Å². The summed E-state index contributed by atoms with van der Waals surface area (Å²) in [5.41, 5.74) is 2.27. The van der Waals surface area contributed by atoms with Crippen LogP contribution < -0.4 is 4.74 Å². The molecule has 0 bridgehead atoms. The highest BCUT2D eigenvalue weighted by Gasteiger charge is 2.47. The van der Waals surface area contributed by atoms with Crippen molar-refractivity contribution >= 4 is 29.3 Å². The van der Waals surface area contributed by atoms with Crippen molar-refractivity contribution in [3.05, 3.63) is 64.2 Å². The maximum atomic E-state index is 12.9. The molecule has 0 aromatic heterocycles. The Balaban J connectivity index is 1.54. The predicted molar refractivity (Wildman–Crippen MR) is 131 cm³/mol. The zero-order valence-corrected chi connectivity index (χ0v) is 21.3. The van der Waals surface area contributed by atoms with Crippen molar-refractivity contribution in [2.75, 3.05) is 19.8 Å². The van der Waals surface area contributed by atoms with Crippen molar-refractivity contribution in [1.29, 1.82) is 0 Å². The summed E-state index contributed by atoms with van der Waals surface area (Å²) in [6.45, 7) is 3.34. The molecule has 2 aromatic rings. The van der Waals surface area contributed by atoms with E-state index in [-0.39, 0.29) is 12.7 Å². The van der Waals surface area contributed by atoms with E-state index >= 15 is 0 Å². The Morgan fingerprint density at radius 2 is 1.86 bits per heavy atom. The number of benzene rings is 2. The number of hydrogen-bond acceptors (Lipinski definition) is 9. The standard InChI is InChI=1S/C27H29ClO9/c1-15(29)34-14-23-24(31)25(32)27(35-16(2)30)26(37-23)18-5-8-22(28)19(12-18)11-17-3-6-20(7-4-17)36-21-9-10-33-13-21/h3-8,12,21,23-24,26-27,31H,9-11,13-14H2,1-2H3/t21-,23+,24-,26-,27-/m0/s1. The summed E-state index contributed by atoms with van der Waals surface area (Å²) >= 11 is 6.49. The predicted octanol–water partition coefficient (Wildman–Crippen LogP) is 2.96. The molecule has 0 aliphatic carbocycles. The Kier molecular flexibility index (Phi) is 8.81. The SMILES string of the molecule is CC(=O)OC[C@H]1O[C@@H](c2ccc(Cl)c(Cc3ccc(O[C@H]4CCOC4)cc3)c2)[C@@H](OC(C)=O)C(=O)[C@H]1O. The van der Waals surface area contributed by atoms with Crippen LogP contribution in [0.3, 0.4) is 0 Å². The Morgan fingerprint density at radius 3 is 2.51 bits per heavy atom. The molecule has 2 aromatic carbocycles. The molecular formula is C27H29ClO9. The minimum Gasteiger partial charge on any atom is -0.488 e. The van der Waals surface area contributed by atoms with E-state index in [1.165, 1.54) is 13.8 Å². The highest BCUT2D eigenvalue weighted by Crippen LogP contribution is 2.35. The number of esters is 2. The number of hydrogen-bond donors (Lipinski definition) is 1. The summed E-state index contributed by atoms with van der Waals surface area (Å²) in [5, 5.41) is 10.9. The van der Waals surface area contributed by atoms with Crippen molar-refractivity contribution in [3.63, 3.8) is 0 Å². The molecule has 2 aliphatic heterocycles. The largest absolute Gasteiger partial charge is 0.488 e. The van der Waals surface area contributed by atoms with Gasteiger partial charge in [-0.25, -0.2) is 0 Å². The molecule has 198 valence electrons. The molecule has 0 radical (unpaired) electrons. The molecule has 4 rings (SSSR count). The molecule has 10 heteroatoms. The van der Waals surface area contributed by atoms with Gasteiger partial charge in [-0.15, -0.1) is 0 Å². The smallest absolute Gasteiger partial charge is 0.303 e. The van der Waals surface area contributed by atoms with Crippen LogP contribution in [0, 0.1) is 0 Å². The van der Waals surface area contributed by atoms with Gasteiger partial charge in [-0.2, -0.15) is 0 Å². The normalized spacial score (nSPS) is 25.5. The van der Waals surface area contributed by atoms with E-state index in [2.05, 4.69) is 0 Å². The maximum absolute atomic E-state index is 12.9. The van der Waals surface area contributed by atoms with E-state index in [9.17, 15) is 19.5 Å². The number of Topliss-reactive ketones (excluding diaryl/α,β-unsaturated/α-hetero) is 1. The highest BCUT2D eigenvalue weighted by atomic mass is 35.5. The van der Waals surface area contributed by atoms with Crippen LogP contribution in [-0.2, 0) is 39.8 Å². The lowest BCUT2D eigenvalue weighted by Gasteiger charge is -2.37. The average Bonchev–Trinajstić information content (AvgIpc) is 3.37. The van der Waals surface area contributed by atoms with Gasteiger partial charge in [-0.3, -0.25) is 14.4 Å². The Hall–Kier alpha value is -2.98.